The molecule has 2 aromatic carbocycles. The Kier molecular flexibility index (Phi) is 4.97. The summed E-state index contributed by atoms with van der Waals surface area (Å²) in [5, 5.41) is 19.9. The maximum absolute atomic E-state index is 10.8. The maximum atomic E-state index is 10.8. The van der Waals surface area contributed by atoms with Crippen LogP contribution in [0.5, 0.6) is 0 Å². The molecule has 1 atom stereocenters. The molecule has 4 nitrogen and oxygen atoms in total. The number of hydrogen-bond acceptors (Lipinski definition) is 3. The molecule has 0 aliphatic heterocycles. The van der Waals surface area contributed by atoms with Crippen LogP contribution in [0.2, 0.25) is 0 Å². The molecule has 126 valence electrons. The minimum Gasteiger partial charge on any atom is -0.396 e. The van der Waals surface area contributed by atoms with E-state index in [1.807, 2.05) is 50.2 Å². The summed E-state index contributed by atoms with van der Waals surface area (Å²) in [5.41, 5.74) is 5.19. The summed E-state index contributed by atoms with van der Waals surface area (Å²) in [6, 6.07) is 14.1. The number of aliphatic hydroxyl groups excluding tert-OH is 2. The number of imidazole rings is 1. The van der Waals surface area contributed by atoms with E-state index in [0.717, 1.165) is 33.5 Å². The predicted molar refractivity (Wildman–Crippen MR) is 96.0 cm³/mol. The zero-order valence-corrected chi connectivity index (χ0v) is 14.2. The fourth-order valence-electron chi connectivity index (χ4n) is 3.24. The molecule has 1 unspecified atom stereocenters. The molecule has 0 aliphatic rings. The Morgan fingerprint density at radius 1 is 1.08 bits per heavy atom. The minimum atomic E-state index is -0.589. The average molecular weight is 324 g/mol. The van der Waals surface area contributed by atoms with Gasteiger partial charge in [0.15, 0.2) is 0 Å². The molecule has 3 rings (SSSR count). The lowest BCUT2D eigenvalue weighted by Gasteiger charge is -2.16. The third-order valence-electron chi connectivity index (χ3n) is 4.28. The molecule has 0 fully saturated rings. The number of fused-ring (bicyclic) bond motifs is 1. The summed E-state index contributed by atoms with van der Waals surface area (Å²) in [5.74, 6) is 0.911. The van der Waals surface area contributed by atoms with Crippen molar-refractivity contribution in [2.75, 3.05) is 6.61 Å². The molecule has 0 bridgehead atoms. The second kappa shape index (κ2) is 7.16. The van der Waals surface area contributed by atoms with Crippen LogP contribution >= 0.6 is 0 Å². The lowest BCUT2D eigenvalue weighted by molar-refractivity contribution is 0.156. The molecule has 1 heterocycles. The molecule has 0 amide bonds. The highest BCUT2D eigenvalue weighted by atomic mass is 16.3. The first-order valence-corrected chi connectivity index (χ1v) is 8.39. The Morgan fingerprint density at radius 2 is 1.79 bits per heavy atom. The van der Waals surface area contributed by atoms with Crippen molar-refractivity contribution in [2.45, 2.75) is 39.3 Å². The molecule has 24 heavy (non-hydrogen) atoms. The van der Waals surface area contributed by atoms with Gasteiger partial charge in [-0.15, -0.1) is 0 Å². The smallest absolute Gasteiger partial charge is 0.110 e. The first kappa shape index (κ1) is 16.7. The lowest BCUT2D eigenvalue weighted by atomic mass is 10.0. The van der Waals surface area contributed by atoms with E-state index >= 15 is 0 Å². The molecular formula is C20H24N2O2. The van der Waals surface area contributed by atoms with Gasteiger partial charge in [-0.05, 0) is 38.0 Å². The highest BCUT2D eigenvalue weighted by Crippen LogP contribution is 2.23. The largest absolute Gasteiger partial charge is 0.396 e. The normalized spacial score (nSPS) is 12.7. The number of para-hydroxylation sites is 2. The average Bonchev–Trinajstić information content (AvgIpc) is 2.90. The molecule has 0 saturated carbocycles. The Balaban J connectivity index is 1.95. The zero-order chi connectivity index (χ0) is 17.1. The van der Waals surface area contributed by atoms with Gasteiger partial charge in [-0.3, -0.25) is 0 Å². The molecule has 0 spiro atoms. The van der Waals surface area contributed by atoms with Crippen LogP contribution in [0.3, 0.4) is 0 Å². The van der Waals surface area contributed by atoms with E-state index in [1.165, 1.54) is 0 Å². The van der Waals surface area contributed by atoms with Gasteiger partial charge in [0.1, 0.15) is 5.82 Å². The van der Waals surface area contributed by atoms with E-state index in [-0.39, 0.29) is 6.61 Å². The van der Waals surface area contributed by atoms with Crippen LogP contribution in [0.1, 0.15) is 35.0 Å². The van der Waals surface area contributed by atoms with Crippen LogP contribution in [-0.4, -0.2) is 26.4 Å². The number of benzene rings is 2. The SMILES string of the molecule is Cc1cc(C)cc(C(O)Cn2c(CCCO)nc3ccccc32)c1. The third-order valence-corrected chi connectivity index (χ3v) is 4.28. The van der Waals surface area contributed by atoms with Crippen molar-refractivity contribution in [2.24, 2.45) is 0 Å². The van der Waals surface area contributed by atoms with Crippen LogP contribution in [0.4, 0.5) is 0 Å². The summed E-state index contributed by atoms with van der Waals surface area (Å²) < 4.78 is 2.08. The second-order valence-electron chi connectivity index (χ2n) is 6.39. The Morgan fingerprint density at radius 3 is 2.50 bits per heavy atom. The first-order valence-electron chi connectivity index (χ1n) is 8.39. The van der Waals surface area contributed by atoms with E-state index < -0.39 is 6.10 Å². The fraction of sp³-hybridized carbons (Fsp3) is 0.350. The van der Waals surface area contributed by atoms with Gasteiger partial charge in [-0.25, -0.2) is 4.98 Å². The lowest BCUT2D eigenvalue weighted by Crippen LogP contribution is -2.12. The van der Waals surface area contributed by atoms with Crippen molar-refractivity contribution in [3.8, 4) is 0 Å². The Labute approximate surface area is 142 Å². The fourth-order valence-corrected chi connectivity index (χ4v) is 3.24. The van der Waals surface area contributed by atoms with Crippen molar-refractivity contribution >= 4 is 11.0 Å². The van der Waals surface area contributed by atoms with Crippen molar-refractivity contribution in [1.29, 1.82) is 0 Å². The minimum absolute atomic E-state index is 0.142. The Bertz CT molecular complexity index is 819. The third kappa shape index (κ3) is 3.50. The van der Waals surface area contributed by atoms with E-state index in [2.05, 4.69) is 15.6 Å². The van der Waals surface area contributed by atoms with Gasteiger partial charge in [0.25, 0.3) is 0 Å². The van der Waals surface area contributed by atoms with Crippen molar-refractivity contribution in [1.82, 2.24) is 9.55 Å². The molecule has 4 heteroatoms. The zero-order valence-electron chi connectivity index (χ0n) is 14.2. The van der Waals surface area contributed by atoms with Gasteiger partial charge in [0, 0.05) is 13.0 Å². The maximum Gasteiger partial charge on any atom is 0.110 e. The second-order valence-corrected chi connectivity index (χ2v) is 6.39. The van der Waals surface area contributed by atoms with Crippen molar-refractivity contribution in [3.63, 3.8) is 0 Å². The quantitative estimate of drug-likeness (QED) is 0.731. The number of aryl methyl sites for hydroxylation is 3. The first-order chi connectivity index (χ1) is 11.6. The van der Waals surface area contributed by atoms with Gasteiger partial charge in [0.05, 0.1) is 23.7 Å². The summed E-state index contributed by atoms with van der Waals surface area (Å²) in [6.07, 6.45) is 0.780. The van der Waals surface area contributed by atoms with Crippen molar-refractivity contribution < 1.29 is 10.2 Å². The molecule has 3 aromatic rings. The molecular weight excluding hydrogens is 300 g/mol. The molecule has 2 N–H and O–H groups in total. The monoisotopic (exact) mass is 324 g/mol. The molecule has 0 saturated heterocycles. The summed E-state index contributed by atoms with van der Waals surface area (Å²) in [6.45, 7) is 4.69. The molecule has 0 aliphatic carbocycles. The van der Waals surface area contributed by atoms with E-state index in [0.29, 0.717) is 19.4 Å². The van der Waals surface area contributed by atoms with Gasteiger partial charge in [-0.2, -0.15) is 0 Å². The van der Waals surface area contributed by atoms with Crippen molar-refractivity contribution in [3.05, 3.63) is 65.0 Å². The summed E-state index contributed by atoms with van der Waals surface area (Å²) in [7, 11) is 0. The van der Waals surface area contributed by atoms with Crippen LogP contribution in [0.15, 0.2) is 42.5 Å². The van der Waals surface area contributed by atoms with Crippen LogP contribution in [-0.2, 0) is 13.0 Å². The summed E-state index contributed by atoms with van der Waals surface area (Å²) >= 11 is 0. The Hall–Kier alpha value is -2.17. The van der Waals surface area contributed by atoms with Crippen LogP contribution in [0, 0.1) is 13.8 Å². The summed E-state index contributed by atoms with van der Waals surface area (Å²) in [4.78, 5) is 4.67. The van der Waals surface area contributed by atoms with Gasteiger partial charge >= 0.3 is 0 Å². The number of aromatic nitrogens is 2. The van der Waals surface area contributed by atoms with E-state index in [1.54, 1.807) is 0 Å². The van der Waals surface area contributed by atoms with Gasteiger partial charge in [0.2, 0.25) is 0 Å². The van der Waals surface area contributed by atoms with Crippen LogP contribution in [0.25, 0.3) is 11.0 Å². The van der Waals surface area contributed by atoms with Crippen LogP contribution < -0.4 is 0 Å². The predicted octanol–water partition coefficient (Wildman–Crippen LogP) is 3.31. The van der Waals surface area contributed by atoms with E-state index in [9.17, 15) is 5.11 Å². The molecule has 1 aromatic heterocycles. The van der Waals surface area contributed by atoms with Gasteiger partial charge < -0.3 is 14.8 Å². The number of aliphatic hydroxyl groups is 2. The topological polar surface area (TPSA) is 58.3 Å². The molecule has 0 radical (unpaired) electrons. The highest BCUT2D eigenvalue weighted by Gasteiger charge is 2.15. The number of nitrogens with zero attached hydrogens (tertiary/aromatic N) is 2. The van der Waals surface area contributed by atoms with E-state index in [4.69, 9.17) is 5.11 Å². The number of hydrogen-bond donors (Lipinski definition) is 2. The standard InChI is InChI=1S/C20H24N2O2/c1-14-10-15(2)12-16(11-14)19(24)13-22-18-7-4-3-6-17(18)21-20(22)8-5-9-23/h3-4,6-7,10-12,19,23-24H,5,8-9,13H2,1-2H3. The number of rotatable bonds is 6. The highest BCUT2D eigenvalue weighted by molar-refractivity contribution is 5.75. The van der Waals surface area contributed by atoms with Gasteiger partial charge in [-0.1, -0.05) is 41.5 Å².